The van der Waals surface area contributed by atoms with Gasteiger partial charge < -0.3 is 4.74 Å². The Morgan fingerprint density at radius 2 is 2.36 bits per heavy atom. The normalized spacial score (nSPS) is 40.9. The number of hydrogen-bond donors (Lipinski definition) is 0. The van der Waals surface area contributed by atoms with Crippen LogP contribution in [0.25, 0.3) is 0 Å². The van der Waals surface area contributed by atoms with Gasteiger partial charge in [-0.15, -0.1) is 11.6 Å². The number of ether oxygens (including phenoxy) is 1. The van der Waals surface area contributed by atoms with Crippen molar-refractivity contribution >= 4 is 17.6 Å². The van der Waals surface area contributed by atoms with Crippen molar-refractivity contribution in [3.8, 4) is 6.07 Å². The van der Waals surface area contributed by atoms with E-state index in [1.165, 1.54) is 7.11 Å². The largest absolute Gasteiger partial charge is 0.468 e. The minimum atomic E-state index is -1.09. The molecule has 60 valence electrons. The second-order valence-electron chi connectivity index (χ2n) is 2.91. The SMILES string of the molecule is COC(=O)[C@]1(Cl)C[C@@]1(C)C#N. The van der Waals surface area contributed by atoms with Gasteiger partial charge in [0, 0.05) is 0 Å². The molecule has 1 aliphatic carbocycles. The van der Waals surface area contributed by atoms with Crippen LogP contribution in [0, 0.1) is 16.7 Å². The Morgan fingerprint density at radius 1 is 1.82 bits per heavy atom. The van der Waals surface area contributed by atoms with Crippen molar-refractivity contribution in [2.75, 3.05) is 7.11 Å². The van der Waals surface area contributed by atoms with E-state index in [9.17, 15) is 4.79 Å². The standard InChI is InChI=1S/C7H8ClNO2/c1-6(4-9)3-7(6,8)5(10)11-2/h3H2,1-2H3/t6-,7+/m0/s1. The van der Waals surface area contributed by atoms with Gasteiger partial charge in [-0.25, -0.2) is 0 Å². The van der Waals surface area contributed by atoms with Gasteiger partial charge in [0.2, 0.25) is 0 Å². The summed E-state index contributed by atoms with van der Waals surface area (Å²) >= 11 is 5.81. The topological polar surface area (TPSA) is 50.1 Å². The number of nitrogens with zero attached hydrogens (tertiary/aromatic N) is 1. The molecular formula is C7H8ClNO2. The summed E-state index contributed by atoms with van der Waals surface area (Å²) in [5, 5.41) is 8.60. The van der Waals surface area contributed by atoms with E-state index in [-0.39, 0.29) is 0 Å². The molecule has 4 heteroatoms. The number of esters is 1. The molecule has 1 rings (SSSR count). The van der Waals surface area contributed by atoms with E-state index in [0.717, 1.165) is 0 Å². The van der Waals surface area contributed by atoms with Crippen LogP contribution in [0.2, 0.25) is 0 Å². The number of hydrogen-bond acceptors (Lipinski definition) is 3. The molecule has 0 bridgehead atoms. The van der Waals surface area contributed by atoms with Gasteiger partial charge in [0.25, 0.3) is 0 Å². The number of alkyl halides is 1. The van der Waals surface area contributed by atoms with Crippen LogP contribution in [0.15, 0.2) is 0 Å². The highest BCUT2D eigenvalue weighted by Gasteiger charge is 2.70. The number of rotatable bonds is 1. The Morgan fingerprint density at radius 3 is 2.64 bits per heavy atom. The fraction of sp³-hybridized carbons (Fsp3) is 0.714. The molecule has 0 spiro atoms. The maximum absolute atomic E-state index is 11.0. The Kier molecular flexibility index (Phi) is 1.61. The summed E-state index contributed by atoms with van der Waals surface area (Å²) in [6, 6.07) is 1.99. The van der Waals surface area contributed by atoms with Gasteiger partial charge in [-0.2, -0.15) is 5.26 Å². The van der Waals surface area contributed by atoms with Gasteiger partial charge >= 0.3 is 5.97 Å². The third-order valence-corrected chi connectivity index (χ3v) is 2.81. The highest BCUT2D eigenvalue weighted by atomic mass is 35.5. The zero-order chi connectivity index (χ0) is 8.70. The molecule has 0 unspecified atom stereocenters. The predicted octanol–water partition coefficient (Wildman–Crippen LogP) is 1.07. The van der Waals surface area contributed by atoms with Gasteiger partial charge in [-0.3, -0.25) is 4.79 Å². The van der Waals surface area contributed by atoms with Crippen LogP contribution < -0.4 is 0 Å². The van der Waals surface area contributed by atoms with Gasteiger partial charge in [0.05, 0.1) is 18.6 Å². The van der Waals surface area contributed by atoms with Crippen molar-refractivity contribution in [3.05, 3.63) is 0 Å². The third-order valence-electron chi connectivity index (χ3n) is 2.10. The molecule has 1 aliphatic rings. The van der Waals surface area contributed by atoms with Crippen molar-refractivity contribution in [1.29, 1.82) is 5.26 Å². The zero-order valence-electron chi connectivity index (χ0n) is 6.35. The smallest absolute Gasteiger partial charge is 0.328 e. The fourth-order valence-electron chi connectivity index (χ4n) is 1.03. The maximum atomic E-state index is 11.0. The number of methoxy groups -OCH3 is 1. The van der Waals surface area contributed by atoms with Crippen LogP contribution in [-0.4, -0.2) is 18.0 Å². The molecular weight excluding hydrogens is 166 g/mol. The molecule has 0 aromatic heterocycles. The van der Waals surface area contributed by atoms with E-state index in [1.54, 1.807) is 6.92 Å². The molecule has 0 N–H and O–H groups in total. The number of carbonyl (C=O) groups excluding carboxylic acids is 1. The van der Waals surface area contributed by atoms with E-state index < -0.39 is 16.3 Å². The quantitative estimate of drug-likeness (QED) is 0.440. The summed E-state index contributed by atoms with van der Waals surface area (Å²) in [6.45, 7) is 1.65. The van der Waals surface area contributed by atoms with Crippen molar-refractivity contribution in [3.63, 3.8) is 0 Å². The lowest BCUT2D eigenvalue weighted by atomic mass is 10.1. The summed E-state index contributed by atoms with van der Waals surface area (Å²) in [4.78, 5) is 9.88. The first kappa shape index (κ1) is 8.35. The molecule has 0 radical (unpaired) electrons. The maximum Gasteiger partial charge on any atom is 0.328 e. The van der Waals surface area contributed by atoms with Gasteiger partial charge in [-0.1, -0.05) is 0 Å². The lowest BCUT2D eigenvalue weighted by Gasteiger charge is -2.06. The van der Waals surface area contributed by atoms with E-state index in [0.29, 0.717) is 6.42 Å². The van der Waals surface area contributed by atoms with E-state index in [1.807, 2.05) is 6.07 Å². The minimum absolute atomic E-state index is 0.380. The molecule has 0 aliphatic heterocycles. The number of halogens is 1. The van der Waals surface area contributed by atoms with E-state index in [4.69, 9.17) is 16.9 Å². The van der Waals surface area contributed by atoms with Crippen LogP contribution in [0.5, 0.6) is 0 Å². The third kappa shape index (κ3) is 0.899. The minimum Gasteiger partial charge on any atom is -0.468 e. The molecule has 1 fully saturated rings. The summed E-state index contributed by atoms with van der Waals surface area (Å²) in [5.74, 6) is -0.511. The lowest BCUT2D eigenvalue weighted by Crippen LogP contribution is -2.23. The second kappa shape index (κ2) is 2.12. The highest BCUT2D eigenvalue weighted by Crippen LogP contribution is 2.60. The number of nitriles is 1. The summed E-state index contributed by atoms with van der Waals surface area (Å²) in [5.41, 5.74) is -0.734. The van der Waals surface area contributed by atoms with Crippen LogP contribution in [0.3, 0.4) is 0 Å². The summed E-state index contributed by atoms with van der Waals surface area (Å²) in [6.07, 6.45) is 0.380. The van der Waals surface area contributed by atoms with Crippen molar-refractivity contribution in [2.45, 2.75) is 18.2 Å². The predicted molar refractivity (Wildman–Crippen MR) is 38.9 cm³/mol. The highest BCUT2D eigenvalue weighted by molar-refractivity contribution is 6.37. The molecule has 0 aromatic rings. The fourth-order valence-corrected chi connectivity index (χ4v) is 1.42. The van der Waals surface area contributed by atoms with Crippen LogP contribution >= 0.6 is 11.6 Å². The molecule has 0 aromatic carbocycles. The molecule has 0 heterocycles. The average Bonchev–Trinajstić information content (AvgIpc) is 2.56. The average molecular weight is 174 g/mol. The Hall–Kier alpha value is -0.750. The zero-order valence-corrected chi connectivity index (χ0v) is 7.10. The molecule has 1 saturated carbocycles. The van der Waals surface area contributed by atoms with Crippen LogP contribution in [-0.2, 0) is 9.53 Å². The second-order valence-corrected chi connectivity index (χ2v) is 3.56. The first-order valence-corrected chi connectivity index (χ1v) is 3.56. The van der Waals surface area contributed by atoms with Crippen molar-refractivity contribution < 1.29 is 9.53 Å². The Labute approximate surface area is 69.9 Å². The first-order chi connectivity index (χ1) is 5.00. The molecule has 2 atom stereocenters. The first-order valence-electron chi connectivity index (χ1n) is 3.19. The Bertz CT molecular complexity index is 247. The van der Waals surface area contributed by atoms with Crippen molar-refractivity contribution in [2.24, 2.45) is 5.41 Å². The molecule has 3 nitrogen and oxygen atoms in total. The molecule has 11 heavy (non-hydrogen) atoms. The summed E-state index contributed by atoms with van der Waals surface area (Å²) in [7, 11) is 1.27. The van der Waals surface area contributed by atoms with Gasteiger partial charge in [0.15, 0.2) is 4.87 Å². The monoisotopic (exact) mass is 173 g/mol. The van der Waals surface area contributed by atoms with Gasteiger partial charge in [0.1, 0.15) is 0 Å². The lowest BCUT2D eigenvalue weighted by molar-refractivity contribution is -0.141. The Balaban J connectivity index is 2.79. The van der Waals surface area contributed by atoms with Gasteiger partial charge in [-0.05, 0) is 13.3 Å². The number of carbonyl (C=O) groups is 1. The van der Waals surface area contributed by atoms with Crippen LogP contribution in [0.4, 0.5) is 0 Å². The van der Waals surface area contributed by atoms with Crippen LogP contribution in [0.1, 0.15) is 13.3 Å². The molecule has 0 saturated heterocycles. The summed E-state index contributed by atoms with van der Waals surface area (Å²) < 4.78 is 4.45. The van der Waals surface area contributed by atoms with Crippen molar-refractivity contribution in [1.82, 2.24) is 0 Å². The molecule has 0 amide bonds. The van der Waals surface area contributed by atoms with E-state index in [2.05, 4.69) is 4.74 Å². The van der Waals surface area contributed by atoms with E-state index >= 15 is 0 Å².